The number of ketones is 1. The van der Waals surface area contributed by atoms with Gasteiger partial charge in [0.05, 0.1) is 11.0 Å². The average molecular weight is 467 g/mol. The molecule has 1 aliphatic heterocycles. The van der Waals surface area contributed by atoms with E-state index in [1.54, 1.807) is 35.4 Å². The third-order valence-electron chi connectivity index (χ3n) is 6.80. The highest BCUT2D eigenvalue weighted by Gasteiger charge is 2.22. The molecule has 0 amide bonds. The fraction of sp³-hybridized carbons (Fsp3) is 0.269. The monoisotopic (exact) mass is 466 g/mol. The summed E-state index contributed by atoms with van der Waals surface area (Å²) in [4.78, 5) is 39.0. The van der Waals surface area contributed by atoms with Crippen molar-refractivity contribution in [2.45, 2.75) is 18.9 Å². The number of H-pyrrole nitrogens is 1. The lowest BCUT2D eigenvalue weighted by Crippen LogP contribution is -2.41. The van der Waals surface area contributed by atoms with Crippen molar-refractivity contribution in [1.82, 2.24) is 34.4 Å². The number of rotatable bonds is 5. The van der Waals surface area contributed by atoms with Crippen molar-refractivity contribution < 1.29 is 4.79 Å². The average Bonchev–Trinajstić information content (AvgIpc) is 3.52. The summed E-state index contributed by atoms with van der Waals surface area (Å²) in [6, 6.07) is 14.0. The van der Waals surface area contributed by atoms with Gasteiger partial charge >= 0.3 is 0 Å². The van der Waals surface area contributed by atoms with Crippen LogP contribution in [0.1, 0.15) is 29.0 Å². The van der Waals surface area contributed by atoms with Gasteiger partial charge in [0.15, 0.2) is 11.5 Å². The third-order valence-corrected chi connectivity index (χ3v) is 6.80. The molecule has 0 atom stereocenters. The maximum Gasteiger partial charge on any atom is 0.228 e. The number of aromatic amines is 1. The number of nitrogens with one attached hydrogen (secondary N) is 1. The van der Waals surface area contributed by atoms with E-state index in [9.17, 15) is 4.79 Å². The Morgan fingerprint density at radius 3 is 2.69 bits per heavy atom. The van der Waals surface area contributed by atoms with Crippen molar-refractivity contribution in [1.29, 1.82) is 0 Å². The van der Waals surface area contributed by atoms with Gasteiger partial charge in [-0.2, -0.15) is 0 Å². The molecule has 1 saturated heterocycles. The predicted molar refractivity (Wildman–Crippen MR) is 135 cm³/mol. The van der Waals surface area contributed by atoms with E-state index in [4.69, 9.17) is 0 Å². The van der Waals surface area contributed by atoms with Crippen LogP contribution in [0.15, 0.2) is 61.2 Å². The normalized spacial score (nSPS) is 14.9. The maximum absolute atomic E-state index is 13.3. The zero-order valence-electron chi connectivity index (χ0n) is 19.7. The van der Waals surface area contributed by atoms with Gasteiger partial charge in [0.1, 0.15) is 17.7 Å². The number of fused-ring (bicyclic) bond motifs is 2. The highest BCUT2D eigenvalue weighted by molar-refractivity contribution is 6.08. The van der Waals surface area contributed by atoms with Crippen molar-refractivity contribution >= 4 is 33.7 Å². The molecule has 0 saturated carbocycles. The molecule has 176 valence electrons. The number of aromatic nitrogens is 6. The topological polar surface area (TPSA) is 95.8 Å². The molecule has 35 heavy (non-hydrogen) atoms. The van der Waals surface area contributed by atoms with Crippen LogP contribution >= 0.6 is 0 Å². The highest BCUT2D eigenvalue weighted by Crippen LogP contribution is 2.26. The van der Waals surface area contributed by atoms with E-state index in [2.05, 4.69) is 60.9 Å². The summed E-state index contributed by atoms with van der Waals surface area (Å²) in [5, 5.41) is 0. The van der Waals surface area contributed by atoms with Gasteiger partial charge in [-0.1, -0.05) is 0 Å². The molecule has 1 fully saturated rings. The van der Waals surface area contributed by atoms with Gasteiger partial charge in [-0.3, -0.25) is 9.36 Å². The van der Waals surface area contributed by atoms with Crippen LogP contribution in [0, 0.1) is 0 Å². The van der Waals surface area contributed by atoms with Crippen LogP contribution in [-0.4, -0.2) is 73.4 Å². The van der Waals surface area contributed by atoms with Crippen molar-refractivity contribution in [3.05, 3.63) is 72.6 Å². The van der Waals surface area contributed by atoms with Crippen LogP contribution in [0.2, 0.25) is 0 Å². The van der Waals surface area contributed by atoms with E-state index in [0.717, 1.165) is 48.2 Å². The number of carbonyl (C=O) groups excluding carboxylic acids is 1. The fourth-order valence-corrected chi connectivity index (χ4v) is 4.79. The van der Waals surface area contributed by atoms with Crippen molar-refractivity contribution in [2.24, 2.45) is 0 Å². The summed E-state index contributed by atoms with van der Waals surface area (Å²) in [5.41, 5.74) is 4.75. The lowest BCUT2D eigenvalue weighted by molar-refractivity contribution is 0.103. The van der Waals surface area contributed by atoms with Crippen LogP contribution in [0.5, 0.6) is 0 Å². The molecule has 1 aliphatic rings. The van der Waals surface area contributed by atoms with E-state index < -0.39 is 0 Å². The second-order valence-corrected chi connectivity index (χ2v) is 9.16. The molecule has 9 heteroatoms. The number of hydrogen-bond donors (Lipinski definition) is 1. The Balaban J connectivity index is 1.26. The standard InChI is InChI=1S/C26H26N8O/c1-32(2)18-8-12-33(13-9-18)19-5-6-20-22(15-19)31-25(30-20)24(35)17-7-11-27-23(14-17)34-16-29-21-4-3-10-28-26(21)34/h3-7,10-11,14-16,18H,8-9,12-13H2,1-2H3,(H,30,31). The van der Waals surface area contributed by atoms with Crippen molar-refractivity contribution in [2.75, 3.05) is 32.1 Å². The first-order valence-electron chi connectivity index (χ1n) is 11.8. The highest BCUT2D eigenvalue weighted by atomic mass is 16.1. The molecule has 0 unspecified atom stereocenters. The molecule has 0 radical (unpaired) electrons. The summed E-state index contributed by atoms with van der Waals surface area (Å²) >= 11 is 0. The first-order valence-corrected chi connectivity index (χ1v) is 11.8. The number of nitrogens with zero attached hydrogens (tertiary/aromatic N) is 7. The molecule has 0 aliphatic carbocycles. The summed E-state index contributed by atoms with van der Waals surface area (Å²) in [7, 11) is 4.30. The van der Waals surface area contributed by atoms with Gasteiger partial charge in [-0.25, -0.2) is 19.9 Å². The van der Waals surface area contributed by atoms with Crippen LogP contribution in [0.4, 0.5) is 5.69 Å². The largest absolute Gasteiger partial charge is 0.371 e. The zero-order valence-corrected chi connectivity index (χ0v) is 19.7. The molecule has 5 heterocycles. The Bertz CT molecular complexity index is 1530. The molecule has 5 aromatic rings. The smallest absolute Gasteiger partial charge is 0.228 e. The van der Waals surface area contributed by atoms with Gasteiger partial charge in [0.2, 0.25) is 5.78 Å². The quantitative estimate of drug-likeness (QED) is 0.396. The lowest BCUT2D eigenvalue weighted by Gasteiger charge is -2.36. The van der Waals surface area contributed by atoms with Gasteiger partial charge < -0.3 is 14.8 Å². The zero-order chi connectivity index (χ0) is 23.9. The first-order chi connectivity index (χ1) is 17.1. The number of benzene rings is 1. The number of carbonyl (C=O) groups is 1. The van der Waals surface area contributed by atoms with Crippen molar-refractivity contribution in [3.8, 4) is 5.82 Å². The van der Waals surface area contributed by atoms with Gasteiger partial charge in [0.25, 0.3) is 0 Å². The van der Waals surface area contributed by atoms with Crippen LogP contribution in [-0.2, 0) is 0 Å². The second-order valence-electron chi connectivity index (χ2n) is 9.16. The first kappa shape index (κ1) is 21.4. The second kappa shape index (κ2) is 8.59. The van der Waals surface area contributed by atoms with E-state index >= 15 is 0 Å². The van der Waals surface area contributed by atoms with E-state index in [1.807, 2.05) is 18.2 Å². The Morgan fingerprint density at radius 2 is 1.86 bits per heavy atom. The molecule has 6 rings (SSSR count). The molecule has 0 bridgehead atoms. The van der Waals surface area contributed by atoms with Crippen LogP contribution < -0.4 is 4.90 Å². The maximum atomic E-state index is 13.3. The van der Waals surface area contributed by atoms with Gasteiger partial charge in [-0.15, -0.1) is 0 Å². The molecular weight excluding hydrogens is 440 g/mol. The molecule has 4 aromatic heterocycles. The Kier molecular flexibility index (Phi) is 5.26. The SMILES string of the molecule is CN(C)C1CCN(c2ccc3nc(C(=O)c4ccnc(-n5cnc6cccnc65)c4)[nH]c3c2)CC1. The minimum atomic E-state index is -0.185. The van der Waals surface area contributed by atoms with Crippen molar-refractivity contribution in [3.63, 3.8) is 0 Å². The third kappa shape index (κ3) is 3.93. The molecule has 1 N–H and O–H groups in total. The summed E-state index contributed by atoms with van der Waals surface area (Å²) in [5.74, 6) is 0.710. The molecule has 0 spiro atoms. The lowest BCUT2D eigenvalue weighted by atomic mass is 10.0. The van der Waals surface area contributed by atoms with E-state index in [-0.39, 0.29) is 5.78 Å². The number of anilines is 1. The summed E-state index contributed by atoms with van der Waals surface area (Å²) in [6.07, 6.45) is 7.28. The fourth-order valence-electron chi connectivity index (χ4n) is 4.79. The minimum Gasteiger partial charge on any atom is -0.371 e. The number of piperidine rings is 1. The predicted octanol–water partition coefficient (Wildman–Crippen LogP) is 3.45. The molecule has 1 aromatic carbocycles. The van der Waals surface area contributed by atoms with Crippen LogP contribution in [0.3, 0.4) is 0 Å². The van der Waals surface area contributed by atoms with E-state index in [0.29, 0.717) is 28.9 Å². The Morgan fingerprint density at radius 1 is 1.00 bits per heavy atom. The Hall–Kier alpha value is -4.11. The number of imidazole rings is 2. The molecule has 9 nitrogen and oxygen atoms in total. The number of pyridine rings is 2. The minimum absolute atomic E-state index is 0.185. The van der Waals surface area contributed by atoms with Gasteiger partial charge in [-0.05, 0) is 69.4 Å². The summed E-state index contributed by atoms with van der Waals surface area (Å²) in [6.45, 7) is 2.04. The van der Waals surface area contributed by atoms with Crippen LogP contribution in [0.25, 0.3) is 28.0 Å². The summed E-state index contributed by atoms with van der Waals surface area (Å²) < 4.78 is 1.77. The Labute approximate surface area is 202 Å². The molecular formula is C26H26N8O. The number of hydrogen-bond acceptors (Lipinski definition) is 7. The van der Waals surface area contributed by atoms with Gasteiger partial charge in [0, 0.05) is 42.8 Å². The van der Waals surface area contributed by atoms with E-state index in [1.165, 1.54) is 0 Å².